The second-order valence-corrected chi connectivity index (χ2v) is 6.58. The fourth-order valence-electron chi connectivity index (χ4n) is 3.07. The Bertz CT molecular complexity index is 1300. The van der Waals surface area contributed by atoms with Gasteiger partial charge in [-0.1, -0.05) is 48.5 Å². The van der Waals surface area contributed by atoms with Crippen LogP contribution < -0.4 is 11.3 Å². The molecular weight excluding hydrogens is 382 g/mol. The van der Waals surface area contributed by atoms with Gasteiger partial charge in [-0.15, -0.1) is 0 Å². The molecule has 7 nitrogen and oxygen atoms in total. The average Bonchev–Trinajstić information content (AvgIpc) is 2.79. The van der Waals surface area contributed by atoms with Crippen LogP contribution in [0.2, 0.25) is 0 Å². The van der Waals surface area contributed by atoms with E-state index in [-0.39, 0.29) is 17.9 Å². The first-order valence-electron chi connectivity index (χ1n) is 9.18. The Morgan fingerprint density at radius 2 is 1.50 bits per heavy atom. The molecular formula is C23H17N3O4. The van der Waals surface area contributed by atoms with Gasteiger partial charge in [0.05, 0.1) is 11.1 Å². The lowest BCUT2D eigenvalue weighted by molar-refractivity contribution is 0.0466. The SMILES string of the molecule is NC(=O)c1ccc(COC(=O)c2nn(-c3ccccc3)c(=O)c3ccccc23)cc1. The molecule has 0 unspecified atom stereocenters. The molecule has 2 N–H and O–H groups in total. The Kier molecular flexibility index (Phi) is 5.09. The highest BCUT2D eigenvalue weighted by Gasteiger charge is 2.18. The maximum Gasteiger partial charge on any atom is 0.359 e. The Hall–Kier alpha value is -4.26. The predicted molar refractivity (Wildman–Crippen MR) is 111 cm³/mol. The fraction of sp³-hybridized carbons (Fsp3) is 0.0435. The first-order valence-corrected chi connectivity index (χ1v) is 9.18. The average molecular weight is 399 g/mol. The Morgan fingerprint density at radius 3 is 2.17 bits per heavy atom. The zero-order chi connectivity index (χ0) is 21.1. The first kappa shape index (κ1) is 19.1. The zero-order valence-corrected chi connectivity index (χ0v) is 15.8. The lowest BCUT2D eigenvalue weighted by Crippen LogP contribution is -2.25. The number of fused-ring (bicyclic) bond motifs is 1. The molecule has 4 rings (SSSR count). The third kappa shape index (κ3) is 3.68. The molecule has 4 aromatic rings. The van der Waals surface area contributed by atoms with Crippen LogP contribution in [0.4, 0.5) is 0 Å². The lowest BCUT2D eigenvalue weighted by atomic mass is 10.1. The van der Waals surface area contributed by atoms with Crippen LogP contribution in [0, 0.1) is 0 Å². The van der Waals surface area contributed by atoms with Crippen molar-refractivity contribution < 1.29 is 14.3 Å². The van der Waals surface area contributed by atoms with Crippen LogP contribution in [0.5, 0.6) is 0 Å². The number of para-hydroxylation sites is 1. The van der Waals surface area contributed by atoms with Gasteiger partial charge in [-0.3, -0.25) is 9.59 Å². The molecule has 148 valence electrons. The molecule has 0 bridgehead atoms. The minimum absolute atomic E-state index is 0.0155. The number of ether oxygens (including phenoxy) is 1. The van der Waals surface area contributed by atoms with E-state index < -0.39 is 11.9 Å². The van der Waals surface area contributed by atoms with Gasteiger partial charge in [0.2, 0.25) is 5.91 Å². The van der Waals surface area contributed by atoms with E-state index in [1.54, 1.807) is 72.8 Å². The van der Waals surface area contributed by atoms with Gasteiger partial charge in [-0.05, 0) is 35.9 Å². The van der Waals surface area contributed by atoms with E-state index in [1.807, 2.05) is 6.07 Å². The number of rotatable bonds is 5. The first-order chi connectivity index (χ1) is 14.5. The van der Waals surface area contributed by atoms with Gasteiger partial charge in [0, 0.05) is 10.9 Å². The molecule has 1 amide bonds. The van der Waals surface area contributed by atoms with Crippen LogP contribution in [-0.2, 0) is 11.3 Å². The summed E-state index contributed by atoms with van der Waals surface area (Å²) in [7, 11) is 0. The maximum absolute atomic E-state index is 12.9. The van der Waals surface area contributed by atoms with Crippen LogP contribution in [0.3, 0.4) is 0 Å². The Labute approximate surface area is 171 Å². The topological polar surface area (TPSA) is 104 Å². The van der Waals surface area contributed by atoms with E-state index in [4.69, 9.17) is 10.5 Å². The maximum atomic E-state index is 12.9. The number of hydrogen-bond donors (Lipinski definition) is 1. The number of carbonyl (C=O) groups is 2. The van der Waals surface area contributed by atoms with Crippen molar-refractivity contribution in [3.8, 4) is 5.69 Å². The van der Waals surface area contributed by atoms with Gasteiger partial charge in [0.15, 0.2) is 5.69 Å². The summed E-state index contributed by atoms with van der Waals surface area (Å²) >= 11 is 0. The van der Waals surface area contributed by atoms with Crippen LogP contribution in [0.25, 0.3) is 16.5 Å². The van der Waals surface area contributed by atoms with Crippen LogP contribution in [0.15, 0.2) is 83.7 Å². The predicted octanol–water partition coefficient (Wildman–Crippen LogP) is 2.84. The molecule has 0 saturated carbocycles. The minimum atomic E-state index is -0.658. The van der Waals surface area contributed by atoms with E-state index in [0.29, 0.717) is 27.6 Å². The van der Waals surface area contributed by atoms with Gasteiger partial charge in [0.1, 0.15) is 6.61 Å². The molecule has 0 atom stereocenters. The van der Waals surface area contributed by atoms with Crippen LogP contribution in [0.1, 0.15) is 26.4 Å². The summed E-state index contributed by atoms with van der Waals surface area (Å²) < 4.78 is 6.62. The molecule has 30 heavy (non-hydrogen) atoms. The molecule has 1 aromatic heterocycles. The van der Waals surface area contributed by atoms with Gasteiger partial charge in [-0.2, -0.15) is 9.78 Å². The van der Waals surface area contributed by atoms with Crippen molar-refractivity contribution in [2.45, 2.75) is 6.61 Å². The quantitative estimate of drug-likeness (QED) is 0.520. The third-order valence-corrected chi connectivity index (χ3v) is 4.61. The summed E-state index contributed by atoms with van der Waals surface area (Å²) in [6, 6.07) is 22.1. The molecule has 0 saturated heterocycles. The monoisotopic (exact) mass is 399 g/mol. The van der Waals surface area contributed by atoms with E-state index in [0.717, 1.165) is 0 Å². The third-order valence-electron chi connectivity index (χ3n) is 4.61. The highest BCUT2D eigenvalue weighted by molar-refractivity contribution is 6.02. The van der Waals surface area contributed by atoms with Crippen molar-refractivity contribution in [1.82, 2.24) is 9.78 Å². The summed E-state index contributed by atoms with van der Waals surface area (Å²) in [5.74, 6) is -1.19. The van der Waals surface area contributed by atoms with E-state index in [2.05, 4.69) is 5.10 Å². The second-order valence-electron chi connectivity index (χ2n) is 6.58. The van der Waals surface area contributed by atoms with Crippen molar-refractivity contribution in [3.63, 3.8) is 0 Å². The van der Waals surface area contributed by atoms with Crippen LogP contribution in [-0.4, -0.2) is 21.7 Å². The number of nitrogens with two attached hydrogens (primary N) is 1. The highest BCUT2D eigenvalue weighted by Crippen LogP contribution is 2.17. The van der Waals surface area contributed by atoms with E-state index >= 15 is 0 Å². The Balaban J connectivity index is 1.69. The molecule has 1 heterocycles. The number of benzene rings is 3. The molecule has 0 aliphatic carbocycles. The normalized spacial score (nSPS) is 10.7. The number of amides is 1. The minimum Gasteiger partial charge on any atom is -0.456 e. The molecule has 0 radical (unpaired) electrons. The summed E-state index contributed by atoms with van der Waals surface area (Å²) in [5, 5.41) is 5.08. The standard InChI is InChI=1S/C23H17N3O4/c24-21(27)16-12-10-15(11-13-16)14-30-23(29)20-18-8-4-5-9-19(18)22(28)26(25-20)17-6-2-1-3-7-17/h1-13H,14H2,(H2,24,27). The molecule has 0 aliphatic heterocycles. The van der Waals surface area contributed by atoms with Crippen molar-refractivity contribution in [2.75, 3.05) is 0 Å². The van der Waals surface area contributed by atoms with Crippen molar-refractivity contribution in [3.05, 3.63) is 106 Å². The number of carbonyl (C=O) groups excluding carboxylic acids is 2. The van der Waals surface area contributed by atoms with Crippen molar-refractivity contribution >= 4 is 22.6 Å². The summed E-state index contributed by atoms with van der Waals surface area (Å²) in [6.45, 7) is -0.0155. The second kappa shape index (κ2) is 8.00. The smallest absolute Gasteiger partial charge is 0.359 e. The molecule has 0 spiro atoms. The van der Waals surface area contributed by atoms with Crippen LogP contribution >= 0.6 is 0 Å². The van der Waals surface area contributed by atoms with Gasteiger partial charge < -0.3 is 10.5 Å². The number of hydrogen-bond acceptors (Lipinski definition) is 5. The number of aromatic nitrogens is 2. The number of primary amides is 1. The molecule has 0 fully saturated rings. The lowest BCUT2D eigenvalue weighted by Gasteiger charge is -2.11. The van der Waals surface area contributed by atoms with E-state index in [9.17, 15) is 14.4 Å². The molecule has 0 aliphatic rings. The fourth-order valence-corrected chi connectivity index (χ4v) is 3.07. The molecule has 7 heteroatoms. The largest absolute Gasteiger partial charge is 0.456 e. The number of esters is 1. The van der Waals surface area contributed by atoms with E-state index in [1.165, 1.54) is 4.68 Å². The summed E-state index contributed by atoms with van der Waals surface area (Å²) in [5.41, 5.74) is 6.55. The van der Waals surface area contributed by atoms with Gasteiger partial charge in [0.25, 0.3) is 5.56 Å². The summed E-state index contributed by atoms with van der Waals surface area (Å²) in [6.07, 6.45) is 0. The number of nitrogens with zero attached hydrogens (tertiary/aromatic N) is 2. The Morgan fingerprint density at radius 1 is 0.867 bits per heavy atom. The highest BCUT2D eigenvalue weighted by atomic mass is 16.5. The van der Waals surface area contributed by atoms with Crippen molar-refractivity contribution in [1.29, 1.82) is 0 Å². The summed E-state index contributed by atoms with van der Waals surface area (Å²) in [4.78, 5) is 36.9. The van der Waals surface area contributed by atoms with Gasteiger partial charge in [-0.25, -0.2) is 4.79 Å². The van der Waals surface area contributed by atoms with Crippen molar-refractivity contribution in [2.24, 2.45) is 5.73 Å². The molecule has 3 aromatic carbocycles. The van der Waals surface area contributed by atoms with Gasteiger partial charge >= 0.3 is 5.97 Å². The zero-order valence-electron chi connectivity index (χ0n) is 15.8.